The quantitative estimate of drug-likeness (QED) is 0.480. The van der Waals surface area contributed by atoms with Crippen LogP contribution in [0.1, 0.15) is 112 Å². The fourth-order valence-corrected chi connectivity index (χ4v) is 9.68. The second-order valence-corrected chi connectivity index (χ2v) is 13.2. The van der Waals surface area contributed by atoms with Crippen LogP contribution in [-0.4, -0.2) is 17.0 Å². The minimum atomic E-state index is -0.248. The van der Waals surface area contributed by atoms with Crippen LogP contribution in [0.3, 0.4) is 0 Å². The van der Waals surface area contributed by atoms with E-state index in [0.29, 0.717) is 23.0 Å². The van der Waals surface area contributed by atoms with Gasteiger partial charge in [-0.3, -0.25) is 4.79 Å². The fraction of sp³-hybridized carbons (Fsp3) is 0.966. The van der Waals surface area contributed by atoms with Crippen molar-refractivity contribution in [2.24, 2.45) is 58.2 Å². The number of aliphatic hydroxyl groups is 1. The van der Waals surface area contributed by atoms with E-state index >= 15 is 0 Å². The summed E-state index contributed by atoms with van der Waals surface area (Å²) in [4.78, 5) is 13.3. The largest absolute Gasteiger partial charge is 0.393 e. The summed E-state index contributed by atoms with van der Waals surface area (Å²) in [5, 5.41) is 10.3. The molecule has 4 aliphatic rings. The third-order valence-electron chi connectivity index (χ3n) is 11.6. The summed E-state index contributed by atoms with van der Waals surface area (Å²) in [6, 6.07) is 0. The summed E-state index contributed by atoms with van der Waals surface area (Å²) >= 11 is 0. The van der Waals surface area contributed by atoms with Gasteiger partial charge in [-0.1, -0.05) is 54.4 Å². The smallest absolute Gasteiger partial charge is 0.136 e. The summed E-state index contributed by atoms with van der Waals surface area (Å²) in [5.41, 5.74) is 0.591. The lowest BCUT2D eigenvalue weighted by atomic mass is 9.44. The van der Waals surface area contributed by atoms with Gasteiger partial charge in [-0.2, -0.15) is 0 Å². The molecule has 0 amide bonds. The molecule has 0 aromatic rings. The van der Waals surface area contributed by atoms with Crippen molar-refractivity contribution >= 4 is 5.78 Å². The number of Topliss-reactive ketones (excluding diaryl/α,β-unsaturated/α-hetero) is 1. The van der Waals surface area contributed by atoms with Gasteiger partial charge in [0.15, 0.2) is 0 Å². The number of carbonyl (C=O) groups excluding carboxylic acids is 1. The highest BCUT2D eigenvalue weighted by molar-refractivity contribution is 5.83. The normalized spacial score (nSPS) is 46.9. The van der Waals surface area contributed by atoms with E-state index in [-0.39, 0.29) is 17.4 Å². The molecule has 4 aliphatic carbocycles. The summed E-state index contributed by atoms with van der Waals surface area (Å²) in [6.45, 7) is 14.7. The number of rotatable bonds is 6. The Kier molecular flexibility index (Phi) is 6.73. The lowest BCUT2D eigenvalue weighted by molar-refractivity contribution is -0.160. The molecule has 0 saturated heterocycles. The van der Waals surface area contributed by atoms with Crippen LogP contribution in [-0.2, 0) is 4.79 Å². The van der Waals surface area contributed by atoms with Crippen molar-refractivity contribution in [3.05, 3.63) is 0 Å². The van der Waals surface area contributed by atoms with E-state index in [1.54, 1.807) is 0 Å². The summed E-state index contributed by atoms with van der Waals surface area (Å²) < 4.78 is 0. The Labute approximate surface area is 192 Å². The number of carbonyl (C=O) groups is 1. The molecule has 4 rings (SSSR count). The monoisotopic (exact) mass is 430 g/mol. The number of fused-ring (bicyclic) bond motifs is 5. The molecule has 4 saturated carbocycles. The molecule has 0 aliphatic heterocycles. The number of aliphatic hydroxyl groups excluding tert-OH is 1. The van der Waals surface area contributed by atoms with Gasteiger partial charge < -0.3 is 5.11 Å². The Morgan fingerprint density at radius 2 is 1.65 bits per heavy atom. The third kappa shape index (κ3) is 3.95. The van der Waals surface area contributed by atoms with Crippen LogP contribution >= 0.6 is 0 Å². The molecule has 0 aromatic heterocycles. The van der Waals surface area contributed by atoms with Crippen molar-refractivity contribution in [1.29, 1.82) is 0 Å². The molecule has 0 bridgehead atoms. The maximum absolute atomic E-state index is 13.3. The third-order valence-corrected chi connectivity index (χ3v) is 11.6. The Balaban J connectivity index is 1.49. The zero-order valence-electron chi connectivity index (χ0n) is 21.3. The lowest BCUT2D eigenvalue weighted by Crippen LogP contribution is -2.57. The summed E-state index contributed by atoms with van der Waals surface area (Å²) in [5.74, 6) is 6.02. The van der Waals surface area contributed by atoms with E-state index in [1.165, 1.54) is 44.9 Å². The minimum Gasteiger partial charge on any atom is -0.393 e. The zero-order chi connectivity index (χ0) is 22.6. The molecular formula is C29H50O2. The molecule has 2 heteroatoms. The Hall–Kier alpha value is -0.370. The van der Waals surface area contributed by atoms with E-state index in [0.717, 1.165) is 55.3 Å². The highest BCUT2D eigenvalue weighted by atomic mass is 16.3. The highest BCUT2D eigenvalue weighted by Gasteiger charge is 2.62. The maximum Gasteiger partial charge on any atom is 0.136 e. The Morgan fingerprint density at radius 3 is 2.32 bits per heavy atom. The molecule has 0 radical (unpaired) electrons. The van der Waals surface area contributed by atoms with Crippen molar-refractivity contribution in [2.75, 3.05) is 0 Å². The zero-order valence-corrected chi connectivity index (χ0v) is 21.3. The van der Waals surface area contributed by atoms with Gasteiger partial charge in [-0.25, -0.2) is 0 Å². The van der Waals surface area contributed by atoms with Gasteiger partial charge in [0.2, 0.25) is 0 Å². The fourth-order valence-electron chi connectivity index (χ4n) is 9.68. The number of hydrogen-bond acceptors (Lipinski definition) is 2. The maximum atomic E-state index is 13.3. The van der Waals surface area contributed by atoms with Crippen LogP contribution in [0.5, 0.6) is 0 Å². The molecule has 10 atom stereocenters. The molecule has 178 valence electrons. The lowest BCUT2D eigenvalue weighted by Gasteiger charge is -2.60. The van der Waals surface area contributed by atoms with E-state index in [9.17, 15) is 9.90 Å². The Bertz CT molecular complexity index is 655. The Morgan fingerprint density at radius 1 is 0.968 bits per heavy atom. The SMILES string of the molecule is CCC(CC[C@@H](C)[C@H]1CC[C@H]2[C@@H]3CC(=O)[C@H]4C[C@@H](O)CC[C@]4(C)[C@H]3CC[C@]12C)C(C)C. The van der Waals surface area contributed by atoms with Gasteiger partial charge in [0, 0.05) is 12.3 Å². The first-order valence-electron chi connectivity index (χ1n) is 13.8. The predicted molar refractivity (Wildman–Crippen MR) is 129 cm³/mol. The molecule has 0 spiro atoms. The number of ketones is 1. The molecular weight excluding hydrogens is 380 g/mol. The topological polar surface area (TPSA) is 37.3 Å². The van der Waals surface area contributed by atoms with Crippen LogP contribution in [0.2, 0.25) is 0 Å². The second-order valence-electron chi connectivity index (χ2n) is 13.2. The van der Waals surface area contributed by atoms with Crippen molar-refractivity contribution in [1.82, 2.24) is 0 Å². The summed E-state index contributed by atoms with van der Waals surface area (Å²) in [7, 11) is 0. The van der Waals surface area contributed by atoms with Gasteiger partial charge in [0.05, 0.1) is 6.10 Å². The van der Waals surface area contributed by atoms with E-state index < -0.39 is 0 Å². The molecule has 0 aromatic carbocycles. The van der Waals surface area contributed by atoms with E-state index in [4.69, 9.17) is 0 Å². The van der Waals surface area contributed by atoms with Crippen LogP contribution in [0.15, 0.2) is 0 Å². The number of hydrogen-bond donors (Lipinski definition) is 1. The van der Waals surface area contributed by atoms with Crippen LogP contribution in [0, 0.1) is 58.2 Å². The van der Waals surface area contributed by atoms with Crippen molar-refractivity contribution in [3.8, 4) is 0 Å². The minimum absolute atomic E-state index is 0.125. The van der Waals surface area contributed by atoms with Gasteiger partial charge in [0.1, 0.15) is 5.78 Å². The van der Waals surface area contributed by atoms with Crippen molar-refractivity contribution in [3.63, 3.8) is 0 Å². The van der Waals surface area contributed by atoms with Gasteiger partial charge in [-0.15, -0.1) is 0 Å². The standard InChI is InChI=1S/C29H50O2/c1-7-20(18(2)3)9-8-19(4)23-10-11-24-22-17-27(31)26-16-21(30)12-14-29(26,6)25(22)13-15-28(23,24)5/h18-26,30H,7-17H2,1-6H3/t19-,20?,21+,22+,23-,24+,25+,26-,28-,29-/m1/s1. The molecule has 2 nitrogen and oxygen atoms in total. The van der Waals surface area contributed by atoms with Crippen molar-refractivity contribution < 1.29 is 9.90 Å². The molecule has 1 unspecified atom stereocenters. The second kappa shape index (κ2) is 8.77. The average molecular weight is 431 g/mol. The van der Waals surface area contributed by atoms with Crippen LogP contribution in [0.25, 0.3) is 0 Å². The highest BCUT2D eigenvalue weighted by Crippen LogP contribution is 2.67. The first-order valence-corrected chi connectivity index (χ1v) is 13.8. The molecule has 0 heterocycles. The van der Waals surface area contributed by atoms with Gasteiger partial charge >= 0.3 is 0 Å². The first-order chi connectivity index (χ1) is 14.6. The average Bonchev–Trinajstić information content (AvgIpc) is 3.07. The molecule has 4 fully saturated rings. The van der Waals surface area contributed by atoms with Gasteiger partial charge in [0.25, 0.3) is 0 Å². The first kappa shape index (κ1) is 23.8. The van der Waals surface area contributed by atoms with Gasteiger partial charge in [-0.05, 0) is 104 Å². The summed E-state index contributed by atoms with van der Waals surface area (Å²) in [6.07, 6.45) is 12.8. The van der Waals surface area contributed by atoms with Crippen LogP contribution < -0.4 is 0 Å². The van der Waals surface area contributed by atoms with Crippen molar-refractivity contribution in [2.45, 2.75) is 118 Å². The van der Waals surface area contributed by atoms with E-state index in [2.05, 4.69) is 41.5 Å². The predicted octanol–water partition coefficient (Wildman–Crippen LogP) is 7.28. The van der Waals surface area contributed by atoms with E-state index in [1.807, 2.05) is 0 Å². The molecule has 31 heavy (non-hydrogen) atoms. The molecule has 1 N–H and O–H groups in total. The van der Waals surface area contributed by atoms with Crippen LogP contribution in [0.4, 0.5) is 0 Å².